The van der Waals surface area contributed by atoms with Crippen LogP contribution in [0.15, 0.2) is 57.7 Å². The van der Waals surface area contributed by atoms with Crippen molar-refractivity contribution in [3.63, 3.8) is 0 Å². The van der Waals surface area contributed by atoms with Gasteiger partial charge in [0.1, 0.15) is 5.76 Å². The van der Waals surface area contributed by atoms with Crippen molar-refractivity contribution in [3.8, 4) is 11.3 Å². The zero-order valence-electron chi connectivity index (χ0n) is 16.4. The van der Waals surface area contributed by atoms with E-state index in [0.717, 1.165) is 5.56 Å². The van der Waals surface area contributed by atoms with E-state index < -0.39 is 6.10 Å². The van der Waals surface area contributed by atoms with Gasteiger partial charge >= 0.3 is 0 Å². The molecule has 0 saturated carbocycles. The summed E-state index contributed by atoms with van der Waals surface area (Å²) in [6, 6.07) is 14.4. The molecule has 2 aromatic carbocycles. The number of aliphatic hydroxyl groups excluding tert-OH is 1. The monoisotopic (exact) mass is 379 g/mol. The highest BCUT2D eigenvalue weighted by atomic mass is 16.3. The molecule has 1 amide bonds. The maximum Gasteiger partial charge on any atom is 0.255 e. The van der Waals surface area contributed by atoms with Gasteiger partial charge in [-0.2, -0.15) is 0 Å². The summed E-state index contributed by atoms with van der Waals surface area (Å²) in [4.78, 5) is 25.6. The molecular weight excluding hydrogens is 354 g/mol. The Balaban J connectivity index is 1.99. The third-order valence-corrected chi connectivity index (χ3v) is 4.92. The minimum absolute atomic E-state index is 0.129. The van der Waals surface area contributed by atoms with E-state index in [4.69, 9.17) is 4.42 Å². The van der Waals surface area contributed by atoms with E-state index in [0.29, 0.717) is 35.2 Å². The van der Waals surface area contributed by atoms with Gasteiger partial charge in [0.15, 0.2) is 11.0 Å². The van der Waals surface area contributed by atoms with Crippen molar-refractivity contribution in [1.82, 2.24) is 5.32 Å². The number of carbonyl (C=O) groups excluding carboxylic acids is 1. The van der Waals surface area contributed by atoms with Gasteiger partial charge in [-0.05, 0) is 31.4 Å². The largest absolute Gasteiger partial charge is 0.455 e. The number of nitrogens with one attached hydrogen (secondary N) is 1. The average molecular weight is 379 g/mol. The van der Waals surface area contributed by atoms with Gasteiger partial charge < -0.3 is 14.8 Å². The van der Waals surface area contributed by atoms with Gasteiger partial charge in [0.05, 0.1) is 17.1 Å². The zero-order chi connectivity index (χ0) is 20.3. The predicted octanol–water partition coefficient (Wildman–Crippen LogP) is 3.91. The number of hydrogen-bond acceptors (Lipinski definition) is 4. The fourth-order valence-corrected chi connectivity index (χ4v) is 3.12. The number of hydrogen-bond donors (Lipinski definition) is 2. The van der Waals surface area contributed by atoms with Crippen molar-refractivity contribution in [2.45, 2.75) is 33.3 Å². The van der Waals surface area contributed by atoms with Crippen molar-refractivity contribution < 1.29 is 14.3 Å². The number of rotatable bonds is 6. The molecule has 1 heterocycles. The van der Waals surface area contributed by atoms with Gasteiger partial charge in [-0.15, -0.1) is 0 Å². The van der Waals surface area contributed by atoms with Crippen LogP contribution in [0.2, 0.25) is 0 Å². The summed E-state index contributed by atoms with van der Waals surface area (Å²) in [5, 5.41) is 13.1. The number of para-hydroxylation sites is 1. The Hall–Kier alpha value is -2.92. The molecule has 0 saturated heterocycles. The van der Waals surface area contributed by atoms with Crippen molar-refractivity contribution in [2.75, 3.05) is 6.54 Å². The van der Waals surface area contributed by atoms with Gasteiger partial charge in [0.25, 0.3) is 5.91 Å². The van der Waals surface area contributed by atoms with Gasteiger partial charge in [-0.25, -0.2) is 0 Å². The summed E-state index contributed by atoms with van der Waals surface area (Å²) in [6.45, 7) is 5.93. The summed E-state index contributed by atoms with van der Waals surface area (Å²) in [5.41, 5.74) is 1.74. The highest BCUT2D eigenvalue weighted by Gasteiger charge is 2.18. The number of benzene rings is 2. The standard InChI is InChI=1S/C23H25NO4/c1-14(2)19(25)12-13-24-23(27)18-11-7-10-17-20(26)15(3)21(28-22(17)18)16-8-5-4-6-9-16/h4-11,14,19,25H,12-13H2,1-3H3,(H,24,27)/t19-/m1/s1. The molecule has 0 spiro atoms. The maximum absolute atomic E-state index is 12.9. The number of fused-ring (bicyclic) bond motifs is 1. The Labute approximate surface area is 164 Å². The lowest BCUT2D eigenvalue weighted by molar-refractivity contribution is 0.0921. The lowest BCUT2D eigenvalue weighted by Crippen LogP contribution is -2.29. The number of amides is 1. The van der Waals surface area contributed by atoms with Gasteiger partial charge in [0, 0.05) is 17.7 Å². The first-order chi connectivity index (χ1) is 13.4. The first-order valence-corrected chi connectivity index (χ1v) is 9.48. The smallest absolute Gasteiger partial charge is 0.255 e. The Bertz CT molecular complexity index is 1040. The molecule has 0 fully saturated rings. The molecule has 1 aromatic heterocycles. The third kappa shape index (κ3) is 3.99. The summed E-state index contributed by atoms with van der Waals surface area (Å²) in [6.07, 6.45) is -0.00922. The van der Waals surface area contributed by atoms with Gasteiger partial charge in [0.2, 0.25) is 0 Å². The van der Waals surface area contributed by atoms with Crippen LogP contribution in [-0.2, 0) is 0 Å². The zero-order valence-corrected chi connectivity index (χ0v) is 16.4. The van der Waals surface area contributed by atoms with Crippen molar-refractivity contribution in [1.29, 1.82) is 0 Å². The maximum atomic E-state index is 12.9. The van der Waals surface area contributed by atoms with Crippen LogP contribution in [-0.4, -0.2) is 23.7 Å². The average Bonchev–Trinajstić information content (AvgIpc) is 2.70. The third-order valence-electron chi connectivity index (χ3n) is 4.92. The minimum Gasteiger partial charge on any atom is -0.455 e. The molecule has 0 aliphatic heterocycles. The molecule has 28 heavy (non-hydrogen) atoms. The molecule has 3 aromatic rings. The molecule has 0 unspecified atom stereocenters. The summed E-state index contributed by atoms with van der Waals surface area (Å²) < 4.78 is 6.07. The fourth-order valence-electron chi connectivity index (χ4n) is 3.12. The normalized spacial score (nSPS) is 12.3. The Morgan fingerprint density at radius 2 is 1.82 bits per heavy atom. The summed E-state index contributed by atoms with van der Waals surface area (Å²) in [7, 11) is 0. The molecule has 5 nitrogen and oxygen atoms in total. The van der Waals surface area contributed by atoms with Gasteiger partial charge in [-0.1, -0.05) is 50.2 Å². The second-order valence-electron chi connectivity index (χ2n) is 7.29. The van der Waals surface area contributed by atoms with Crippen LogP contribution in [0.1, 0.15) is 36.2 Å². The van der Waals surface area contributed by atoms with E-state index >= 15 is 0 Å². The molecule has 0 aliphatic carbocycles. The molecule has 146 valence electrons. The van der Waals surface area contributed by atoms with E-state index in [1.807, 2.05) is 44.2 Å². The first-order valence-electron chi connectivity index (χ1n) is 9.48. The lowest BCUT2D eigenvalue weighted by atomic mass is 10.0. The number of carbonyl (C=O) groups is 1. The molecule has 0 aliphatic rings. The summed E-state index contributed by atoms with van der Waals surface area (Å²) in [5.74, 6) is 0.269. The highest BCUT2D eigenvalue weighted by molar-refractivity contribution is 6.05. The second-order valence-corrected chi connectivity index (χ2v) is 7.29. The Morgan fingerprint density at radius 1 is 1.11 bits per heavy atom. The van der Waals surface area contributed by atoms with Crippen LogP contribution in [0.25, 0.3) is 22.3 Å². The van der Waals surface area contributed by atoms with Crippen LogP contribution >= 0.6 is 0 Å². The predicted molar refractivity (Wildman–Crippen MR) is 110 cm³/mol. The minimum atomic E-state index is -0.474. The van der Waals surface area contributed by atoms with Crippen LogP contribution in [0, 0.1) is 12.8 Å². The molecule has 1 atom stereocenters. The topological polar surface area (TPSA) is 79.5 Å². The molecular formula is C23H25NO4. The van der Waals surface area contributed by atoms with Crippen LogP contribution in [0.3, 0.4) is 0 Å². The van der Waals surface area contributed by atoms with E-state index in [9.17, 15) is 14.7 Å². The van der Waals surface area contributed by atoms with Gasteiger partial charge in [-0.3, -0.25) is 9.59 Å². The number of aliphatic hydroxyl groups is 1. The van der Waals surface area contributed by atoms with Crippen molar-refractivity contribution in [2.24, 2.45) is 5.92 Å². The lowest BCUT2D eigenvalue weighted by Gasteiger charge is -2.15. The molecule has 3 rings (SSSR count). The van der Waals surface area contributed by atoms with Crippen LogP contribution < -0.4 is 10.7 Å². The Morgan fingerprint density at radius 3 is 2.50 bits per heavy atom. The highest BCUT2D eigenvalue weighted by Crippen LogP contribution is 2.27. The molecule has 0 radical (unpaired) electrons. The van der Waals surface area contributed by atoms with Crippen molar-refractivity contribution in [3.05, 3.63) is 69.9 Å². The van der Waals surface area contributed by atoms with Crippen LogP contribution in [0.5, 0.6) is 0 Å². The SMILES string of the molecule is Cc1c(-c2ccccc2)oc2c(C(=O)NCC[C@@H](O)C(C)C)cccc2c1=O. The first kappa shape index (κ1) is 19.8. The Kier molecular flexibility index (Phi) is 5.95. The van der Waals surface area contributed by atoms with E-state index in [1.165, 1.54) is 0 Å². The van der Waals surface area contributed by atoms with E-state index in [2.05, 4.69) is 5.32 Å². The van der Waals surface area contributed by atoms with Crippen LogP contribution in [0.4, 0.5) is 0 Å². The molecule has 0 bridgehead atoms. The quantitative estimate of drug-likeness (QED) is 0.681. The van der Waals surface area contributed by atoms with Crippen molar-refractivity contribution >= 4 is 16.9 Å². The summed E-state index contributed by atoms with van der Waals surface area (Å²) >= 11 is 0. The van der Waals surface area contributed by atoms with E-state index in [1.54, 1.807) is 25.1 Å². The fraction of sp³-hybridized carbons (Fsp3) is 0.304. The molecule has 5 heteroatoms. The van der Waals surface area contributed by atoms with E-state index in [-0.39, 0.29) is 22.8 Å². The molecule has 2 N–H and O–H groups in total. The second kappa shape index (κ2) is 8.40.